The van der Waals surface area contributed by atoms with Crippen molar-refractivity contribution in [3.05, 3.63) is 58.9 Å². The number of anilines is 1. The molecule has 0 fully saturated rings. The first-order valence-electron chi connectivity index (χ1n) is 6.11. The fourth-order valence-corrected chi connectivity index (χ4v) is 1.95. The van der Waals surface area contributed by atoms with Crippen LogP contribution in [-0.4, -0.2) is 19.7 Å². The van der Waals surface area contributed by atoms with Crippen LogP contribution in [-0.2, 0) is 0 Å². The third-order valence-electron chi connectivity index (χ3n) is 2.91. The van der Waals surface area contributed by atoms with E-state index in [1.807, 2.05) is 30.5 Å². The number of nitrogens with zero attached hydrogens (tertiary/aromatic N) is 3. The molecule has 3 rings (SSSR count). The van der Waals surface area contributed by atoms with Crippen molar-refractivity contribution < 1.29 is 0 Å². The fraction of sp³-hybridized carbons (Fsp3) is 0.0714. The lowest BCUT2D eigenvalue weighted by atomic mass is 10.1. The van der Waals surface area contributed by atoms with Gasteiger partial charge in [-0.1, -0.05) is 12.1 Å². The first kappa shape index (κ1) is 12.2. The summed E-state index contributed by atoms with van der Waals surface area (Å²) in [7, 11) is 0. The van der Waals surface area contributed by atoms with Crippen molar-refractivity contribution in [3.63, 3.8) is 0 Å². The van der Waals surface area contributed by atoms with Crippen LogP contribution in [0.25, 0.3) is 16.9 Å². The Bertz CT molecular complexity index is 801. The molecule has 0 saturated carbocycles. The summed E-state index contributed by atoms with van der Waals surface area (Å²) in [6.45, 7) is 1.73. The highest BCUT2D eigenvalue weighted by atomic mass is 16.1. The Kier molecular flexibility index (Phi) is 2.83. The second-order valence-electron chi connectivity index (χ2n) is 4.48. The quantitative estimate of drug-likeness (QED) is 0.689. The van der Waals surface area contributed by atoms with Crippen LogP contribution in [0.5, 0.6) is 0 Å². The van der Waals surface area contributed by atoms with Crippen LogP contribution in [0.4, 0.5) is 5.69 Å². The van der Waals surface area contributed by atoms with Gasteiger partial charge in [0, 0.05) is 23.5 Å². The summed E-state index contributed by atoms with van der Waals surface area (Å²) in [5.41, 5.74) is 8.13. The molecule has 0 radical (unpaired) electrons. The second-order valence-corrected chi connectivity index (χ2v) is 4.48. The molecule has 0 aliphatic rings. The minimum absolute atomic E-state index is 0.197. The van der Waals surface area contributed by atoms with Gasteiger partial charge in [0.05, 0.1) is 6.20 Å². The predicted molar refractivity (Wildman–Crippen MR) is 76.6 cm³/mol. The monoisotopic (exact) mass is 267 g/mol. The maximum atomic E-state index is 11.4. The van der Waals surface area contributed by atoms with Gasteiger partial charge in [0.15, 0.2) is 5.82 Å². The maximum Gasteiger partial charge on any atom is 0.253 e. The number of aromatic amines is 1. The number of aromatic nitrogens is 4. The predicted octanol–water partition coefficient (Wildman–Crippen LogP) is 1.51. The third kappa shape index (κ3) is 2.31. The minimum Gasteiger partial charge on any atom is -0.399 e. The molecular formula is C14H13N5O. The molecule has 0 spiro atoms. The van der Waals surface area contributed by atoms with Gasteiger partial charge < -0.3 is 10.7 Å². The van der Waals surface area contributed by atoms with E-state index in [-0.39, 0.29) is 5.56 Å². The third-order valence-corrected chi connectivity index (χ3v) is 2.91. The van der Waals surface area contributed by atoms with Gasteiger partial charge in [0.2, 0.25) is 0 Å². The minimum atomic E-state index is -0.197. The van der Waals surface area contributed by atoms with Crippen LogP contribution in [0, 0.1) is 6.92 Å². The van der Waals surface area contributed by atoms with Crippen molar-refractivity contribution in [1.82, 2.24) is 19.7 Å². The Morgan fingerprint density at radius 3 is 2.65 bits per heavy atom. The summed E-state index contributed by atoms with van der Waals surface area (Å²) in [5.74, 6) is 1.05. The molecule has 0 amide bonds. The Balaban J connectivity index is 2.01. The zero-order valence-electron chi connectivity index (χ0n) is 10.9. The van der Waals surface area contributed by atoms with Crippen molar-refractivity contribution >= 4 is 5.69 Å². The molecule has 6 heteroatoms. The summed E-state index contributed by atoms with van der Waals surface area (Å²) in [6.07, 6.45) is 3.55. The smallest absolute Gasteiger partial charge is 0.253 e. The lowest BCUT2D eigenvalue weighted by Crippen LogP contribution is -2.12. The SMILES string of the molecule is Cc1nc(-n2cc(-c3ccc(N)cc3)cn2)cc(=O)[nH]1. The molecule has 0 bridgehead atoms. The molecule has 0 aliphatic carbocycles. The molecule has 0 atom stereocenters. The standard InChI is InChI=1S/C14H13N5O/c1-9-17-13(6-14(20)18-9)19-8-11(7-16-19)10-2-4-12(15)5-3-10/h2-8H,15H2,1H3,(H,17,18,20). The zero-order chi connectivity index (χ0) is 14.1. The summed E-state index contributed by atoms with van der Waals surface area (Å²) < 4.78 is 1.58. The van der Waals surface area contributed by atoms with Crippen molar-refractivity contribution in [1.29, 1.82) is 0 Å². The van der Waals surface area contributed by atoms with Crippen LogP contribution in [0.2, 0.25) is 0 Å². The summed E-state index contributed by atoms with van der Waals surface area (Å²) in [5, 5.41) is 4.24. The van der Waals surface area contributed by atoms with Gasteiger partial charge in [-0.3, -0.25) is 4.79 Å². The van der Waals surface area contributed by atoms with Crippen LogP contribution in [0.1, 0.15) is 5.82 Å². The van der Waals surface area contributed by atoms with Crippen LogP contribution in [0.3, 0.4) is 0 Å². The number of benzene rings is 1. The van der Waals surface area contributed by atoms with Crippen molar-refractivity contribution in [2.75, 3.05) is 5.73 Å². The molecule has 0 unspecified atom stereocenters. The highest BCUT2D eigenvalue weighted by Gasteiger charge is 2.05. The van der Waals surface area contributed by atoms with E-state index in [2.05, 4.69) is 15.1 Å². The van der Waals surface area contributed by atoms with E-state index >= 15 is 0 Å². The number of nitrogens with two attached hydrogens (primary N) is 1. The van der Waals surface area contributed by atoms with Crippen LogP contribution < -0.4 is 11.3 Å². The molecule has 6 nitrogen and oxygen atoms in total. The maximum absolute atomic E-state index is 11.4. The lowest BCUT2D eigenvalue weighted by molar-refractivity contribution is 0.822. The average molecular weight is 267 g/mol. The van der Waals surface area contributed by atoms with E-state index < -0.39 is 0 Å². The normalized spacial score (nSPS) is 10.7. The molecular weight excluding hydrogens is 254 g/mol. The van der Waals surface area contributed by atoms with E-state index in [0.717, 1.165) is 11.1 Å². The number of hydrogen-bond acceptors (Lipinski definition) is 4. The van der Waals surface area contributed by atoms with Gasteiger partial charge in [-0.2, -0.15) is 5.10 Å². The van der Waals surface area contributed by atoms with Gasteiger partial charge in [0.25, 0.3) is 5.56 Å². The van der Waals surface area contributed by atoms with E-state index in [9.17, 15) is 4.79 Å². The van der Waals surface area contributed by atoms with Gasteiger partial charge in [-0.15, -0.1) is 0 Å². The molecule has 2 aromatic heterocycles. The van der Waals surface area contributed by atoms with Crippen molar-refractivity contribution in [2.45, 2.75) is 6.92 Å². The number of rotatable bonds is 2. The molecule has 2 heterocycles. The lowest BCUT2D eigenvalue weighted by Gasteiger charge is -2.00. The van der Waals surface area contributed by atoms with Gasteiger partial charge in [-0.25, -0.2) is 9.67 Å². The van der Waals surface area contributed by atoms with E-state index in [1.165, 1.54) is 6.07 Å². The van der Waals surface area contributed by atoms with Gasteiger partial charge in [-0.05, 0) is 24.6 Å². The van der Waals surface area contributed by atoms with E-state index in [0.29, 0.717) is 17.3 Å². The Morgan fingerprint density at radius 2 is 1.95 bits per heavy atom. The first-order chi connectivity index (χ1) is 9.61. The first-order valence-corrected chi connectivity index (χ1v) is 6.11. The molecule has 0 saturated heterocycles. The highest BCUT2D eigenvalue weighted by molar-refractivity contribution is 5.64. The van der Waals surface area contributed by atoms with Gasteiger partial charge >= 0.3 is 0 Å². The molecule has 1 aromatic carbocycles. The van der Waals surface area contributed by atoms with Gasteiger partial charge in [0.1, 0.15) is 5.82 Å². The Hall–Kier alpha value is -2.89. The zero-order valence-corrected chi connectivity index (χ0v) is 10.9. The van der Waals surface area contributed by atoms with Crippen LogP contribution in [0.15, 0.2) is 47.5 Å². The number of nitrogen functional groups attached to an aromatic ring is 1. The van der Waals surface area contributed by atoms with E-state index in [4.69, 9.17) is 5.73 Å². The van der Waals surface area contributed by atoms with Crippen molar-refractivity contribution in [2.24, 2.45) is 0 Å². The topological polar surface area (TPSA) is 89.6 Å². The number of hydrogen-bond donors (Lipinski definition) is 2. The molecule has 3 aromatic rings. The van der Waals surface area contributed by atoms with Crippen molar-refractivity contribution in [3.8, 4) is 16.9 Å². The molecule has 20 heavy (non-hydrogen) atoms. The molecule has 3 N–H and O–H groups in total. The van der Waals surface area contributed by atoms with E-state index in [1.54, 1.807) is 17.8 Å². The fourth-order valence-electron chi connectivity index (χ4n) is 1.95. The number of nitrogens with one attached hydrogen (secondary N) is 1. The largest absolute Gasteiger partial charge is 0.399 e. The summed E-state index contributed by atoms with van der Waals surface area (Å²) in [4.78, 5) is 18.3. The summed E-state index contributed by atoms with van der Waals surface area (Å²) >= 11 is 0. The average Bonchev–Trinajstić information content (AvgIpc) is 2.88. The molecule has 0 aliphatic heterocycles. The second kappa shape index (κ2) is 4.65. The Labute approximate surface area is 114 Å². The number of H-pyrrole nitrogens is 1. The number of aryl methyl sites for hydroxylation is 1. The van der Waals surface area contributed by atoms with Crippen LogP contribution >= 0.6 is 0 Å². The Morgan fingerprint density at radius 1 is 1.20 bits per heavy atom. The molecule has 100 valence electrons. The summed E-state index contributed by atoms with van der Waals surface area (Å²) in [6, 6.07) is 8.93. The highest BCUT2D eigenvalue weighted by Crippen LogP contribution is 2.20.